The Labute approximate surface area is 153 Å². The number of hydrogen-bond donors (Lipinski definition) is 2. The monoisotopic (exact) mass is 368 g/mol. The van der Waals surface area contributed by atoms with Crippen molar-refractivity contribution in [2.24, 2.45) is 0 Å². The molecule has 0 bridgehead atoms. The third kappa shape index (κ3) is 5.88. The van der Waals surface area contributed by atoms with E-state index in [1.165, 1.54) is 0 Å². The molecular weight excluding hydrogens is 340 g/mol. The van der Waals surface area contributed by atoms with Crippen LogP contribution in [0.15, 0.2) is 30.3 Å². The molecule has 0 saturated carbocycles. The maximum atomic E-state index is 12.5. The lowest BCUT2D eigenvalue weighted by Gasteiger charge is -2.42. The van der Waals surface area contributed by atoms with Crippen LogP contribution in [0.4, 0.5) is 4.79 Å². The molecule has 0 spiro atoms. The Morgan fingerprint density at radius 2 is 2.08 bits per heavy atom. The molecule has 1 aromatic carbocycles. The summed E-state index contributed by atoms with van der Waals surface area (Å²) in [7, 11) is 0. The number of nitrogens with one attached hydrogen (secondary N) is 2. The maximum absolute atomic E-state index is 12.5. The van der Waals surface area contributed by atoms with Gasteiger partial charge in [0, 0.05) is 18.0 Å². The molecule has 1 saturated heterocycles. The van der Waals surface area contributed by atoms with Gasteiger partial charge in [-0.15, -0.1) is 4.72 Å². The zero-order chi connectivity index (χ0) is 18.5. The van der Waals surface area contributed by atoms with Crippen molar-refractivity contribution < 1.29 is 18.8 Å². The largest absolute Gasteiger partial charge is 0.598 e. The summed E-state index contributed by atoms with van der Waals surface area (Å²) in [4.78, 5) is 12.2. The molecule has 2 rings (SSSR count). The van der Waals surface area contributed by atoms with Crippen molar-refractivity contribution in [3.8, 4) is 0 Å². The molecule has 140 valence electrons. The quantitative estimate of drug-likeness (QED) is 0.781. The van der Waals surface area contributed by atoms with Crippen LogP contribution in [0, 0.1) is 0 Å². The number of hydrogen-bond acceptors (Lipinski definition) is 5. The second-order valence-electron chi connectivity index (χ2n) is 7.48. The first-order valence-corrected chi connectivity index (χ1v) is 9.60. The normalized spacial score (nSPS) is 25.2. The van der Waals surface area contributed by atoms with Crippen molar-refractivity contribution in [2.45, 2.75) is 57.1 Å². The van der Waals surface area contributed by atoms with E-state index < -0.39 is 23.0 Å². The van der Waals surface area contributed by atoms with Gasteiger partial charge in [-0.1, -0.05) is 30.3 Å². The summed E-state index contributed by atoms with van der Waals surface area (Å²) in [6.07, 6.45) is 0.146. The molecule has 6 nitrogen and oxygen atoms in total. The summed E-state index contributed by atoms with van der Waals surface area (Å²) >= 11 is -1.24. The van der Waals surface area contributed by atoms with E-state index in [0.29, 0.717) is 19.6 Å². The smallest absolute Gasteiger partial charge is 0.407 e. The van der Waals surface area contributed by atoms with Crippen LogP contribution >= 0.6 is 0 Å². The molecule has 3 atom stereocenters. The Kier molecular flexibility index (Phi) is 6.73. The van der Waals surface area contributed by atoms with E-state index in [2.05, 4.69) is 10.0 Å². The van der Waals surface area contributed by atoms with Crippen molar-refractivity contribution in [3.63, 3.8) is 0 Å². The number of alkyl carbamates (subject to hydrolysis) is 1. The lowest BCUT2D eigenvalue weighted by molar-refractivity contribution is 0.0199. The van der Waals surface area contributed by atoms with E-state index in [1.807, 2.05) is 58.0 Å². The third-order valence-electron chi connectivity index (χ3n) is 4.21. The minimum atomic E-state index is -1.24. The molecule has 7 heteroatoms. The molecule has 1 aromatic rings. The summed E-state index contributed by atoms with van der Waals surface area (Å²) < 4.78 is 26.1. The van der Waals surface area contributed by atoms with Crippen LogP contribution in [0.2, 0.25) is 0 Å². The zero-order valence-electron chi connectivity index (χ0n) is 15.3. The maximum Gasteiger partial charge on any atom is 0.407 e. The van der Waals surface area contributed by atoms with Crippen molar-refractivity contribution >= 4 is 17.5 Å². The van der Waals surface area contributed by atoms with Crippen LogP contribution in [-0.4, -0.2) is 40.2 Å². The molecule has 1 amide bonds. The fourth-order valence-electron chi connectivity index (χ4n) is 2.44. The molecule has 2 N–H and O–H groups in total. The molecule has 0 radical (unpaired) electrons. The minimum Gasteiger partial charge on any atom is -0.598 e. The zero-order valence-corrected chi connectivity index (χ0v) is 16.2. The molecule has 25 heavy (non-hydrogen) atoms. The Morgan fingerprint density at radius 3 is 2.72 bits per heavy atom. The van der Waals surface area contributed by atoms with Gasteiger partial charge in [-0.25, -0.2) is 4.79 Å². The minimum absolute atomic E-state index is 0.207. The third-order valence-corrected chi connectivity index (χ3v) is 5.97. The molecule has 1 unspecified atom stereocenters. The lowest BCUT2D eigenvalue weighted by Crippen LogP contribution is -2.66. The van der Waals surface area contributed by atoms with Crippen molar-refractivity contribution in [2.75, 3.05) is 13.2 Å². The lowest BCUT2D eigenvalue weighted by atomic mass is 9.89. The van der Waals surface area contributed by atoms with Crippen molar-refractivity contribution in [3.05, 3.63) is 35.9 Å². The molecular formula is C18H28N2O4S. The number of carbonyl (C=O) groups excluding carboxylic acids is 1. The van der Waals surface area contributed by atoms with Crippen LogP contribution in [0.5, 0.6) is 0 Å². The van der Waals surface area contributed by atoms with E-state index in [4.69, 9.17) is 9.47 Å². The number of ether oxygens (including phenoxy) is 2. The van der Waals surface area contributed by atoms with Crippen LogP contribution in [0.1, 0.15) is 39.7 Å². The fraction of sp³-hybridized carbons (Fsp3) is 0.611. The molecule has 1 heterocycles. The number of amides is 1. The second-order valence-corrected chi connectivity index (χ2v) is 9.45. The first kappa shape index (κ1) is 20.0. The Bertz CT molecular complexity index is 564. The Hall–Kier alpha value is -1.28. The topological polar surface area (TPSA) is 82.6 Å². The van der Waals surface area contributed by atoms with Gasteiger partial charge in [-0.05, 0) is 39.7 Å². The summed E-state index contributed by atoms with van der Waals surface area (Å²) in [6.45, 7) is 8.81. The van der Waals surface area contributed by atoms with Gasteiger partial charge in [-0.3, -0.25) is 0 Å². The van der Waals surface area contributed by atoms with E-state index >= 15 is 0 Å². The second kappa shape index (κ2) is 8.40. The van der Waals surface area contributed by atoms with Gasteiger partial charge in [-0.2, -0.15) is 0 Å². The Balaban J connectivity index is 1.94. The number of rotatable bonds is 5. The average molecular weight is 368 g/mol. The predicted octanol–water partition coefficient (Wildman–Crippen LogP) is 2.51. The van der Waals surface area contributed by atoms with Crippen molar-refractivity contribution in [1.82, 2.24) is 10.0 Å². The summed E-state index contributed by atoms with van der Waals surface area (Å²) in [5, 5.41) is 2.85. The van der Waals surface area contributed by atoms with Gasteiger partial charge >= 0.3 is 6.09 Å². The summed E-state index contributed by atoms with van der Waals surface area (Å²) in [5.74, 6) is 0. The number of carbonyl (C=O) groups is 1. The predicted molar refractivity (Wildman–Crippen MR) is 98.4 cm³/mol. The van der Waals surface area contributed by atoms with Gasteiger partial charge in [0.1, 0.15) is 11.4 Å². The Morgan fingerprint density at radius 1 is 1.40 bits per heavy atom. The average Bonchev–Trinajstić information content (AvgIpc) is 2.55. The van der Waals surface area contributed by atoms with Gasteiger partial charge in [0.25, 0.3) is 0 Å². The van der Waals surface area contributed by atoms with Gasteiger partial charge in [0.2, 0.25) is 0 Å². The van der Waals surface area contributed by atoms with Crippen molar-refractivity contribution in [1.29, 1.82) is 0 Å². The molecule has 0 aliphatic carbocycles. The van der Waals surface area contributed by atoms with E-state index in [9.17, 15) is 9.35 Å². The summed E-state index contributed by atoms with van der Waals surface area (Å²) in [6, 6.07) is 9.18. The number of benzene rings is 1. The summed E-state index contributed by atoms with van der Waals surface area (Å²) in [5.41, 5.74) is 0.398. The SMILES string of the molecule is CC(C)(C)[S+]([O-])N[C@]1(C)CCOC[C@@H]1NC(=O)OCc1ccccc1. The highest BCUT2D eigenvalue weighted by Crippen LogP contribution is 2.25. The van der Waals surface area contributed by atoms with Crippen LogP contribution < -0.4 is 10.0 Å². The van der Waals surface area contributed by atoms with Gasteiger partial charge < -0.3 is 19.3 Å². The fourth-order valence-corrected chi connectivity index (χ4v) is 3.41. The van der Waals surface area contributed by atoms with E-state index in [1.54, 1.807) is 0 Å². The molecule has 1 aliphatic rings. The molecule has 1 fully saturated rings. The molecule has 0 aromatic heterocycles. The highest BCUT2D eigenvalue weighted by atomic mass is 32.2. The van der Waals surface area contributed by atoms with Crippen LogP contribution in [0.3, 0.4) is 0 Å². The van der Waals surface area contributed by atoms with Gasteiger partial charge in [0.05, 0.1) is 18.2 Å². The first-order valence-electron chi connectivity index (χ1n) is 8.45. The van der Waals surface area contributed by atoms with E-state index in [0.717, 1.165) is 5.56 Å². The van der Waals surface area contributed by atoms with Crippen LogP contribution in [0.25, 0.3) is 0 Å². The first-order chi connectivity index (χ1) is 11.7. The molecule has 1 aliphatic heterocycles. The van der Waals surface area contributed by atoms with Crippen LogP contribution in [-0.2, 0) is 27.4 Å². The standard InChI is InChI=1S/C18H28N2O4S/c1-17(2,3)25(22)20-18(4)10-11-23-13-15(18)19-16(21)24-12-14-8-6-5-7-9-14/h5-9,15,20H,10-13H2,1-4H3,(H,19,21)/t15-,18+,25?/m0/s1. The van der Waals surface area contributed by atoms with E-state index in [-0.39, 0.29) is 17.4 Å². The highest BCUT2D eigenvalue weighted by Gasteiger charge is 2.44. The highest BCUT2D eigenvalue weighted by molar-refractivity contribution is 7.90. The van der Waals surface area contributed by atoms with Gasteiger partial charge in [0.15, 0.2) is 0 Å².